The average molecular weight is 319 g/mol. The van der Waals surface area contributed by atoms with Crippen LogP contribution >= 0.6 is 11.6 Å². The van der Waals surface area contributed by atoms with Crippen molar-refractivity contribution in [2.24, 2.45) is 0 Å². The summed E-state index contributed by atoms with van der Waals surface area (Å²) in [6.07, 6.45) is 0.920. The Hall–Kier alpha value is -2.07. The van der Waals surface area contributed by atoms with Crippen LogP contribution in [-0.2, 0) is 11.2 Å². The molecule has 114 valence electrons. The number of hydrogen-bond acceptors (Lipinski definition) is 2. The van der Waals surface area contributed by atoms with Crippen molar-refractivity contribution < 1.29 is 9.18 Å². The van der Waals surface area contributed by atoms with Gasteiger partial charge in [-0.3, -0.25) is 4.79 Å². The third-order valence-electron chi connectivity index (χ3n) is 3.96. The highest BCUT2D eigenvalue weighted by atomic mass is 35.5. The fourth-order valence-corrected chi connectivity index (χ4v) is 2.89. The molecule has 2 aromatic rings. The molecular formula is C17H16ClFN2O. The quantitative estimate of drug-likeness (QED) is 0.931. The summed E-state index contributed by atoms with van der Waals surface area (Å²) in [4.78, 5) is 14.4. The number of halogens is 2. The zero-order valence-electron chi connectivity index (χ0n) is 12.1. The Kier molecular flexibility index (Phi) is 4.03. The molecule has 3 rings (SSSR count). The molecule has 0 spiro atoms. The smallest absolute Gasteiger partial charge is 0.246 e. The normalized spacial score (nSPS) is 14.6. The van der Waals surface area contributed by atoms with Crippen LogP contribution in [0.4, 0.5) is 15.8 Å². The van der Waals surface area contributed by atoms with Gasteiger partial charge in [-0.25, -0.2) is 4.39 Å². The predicted octanol–water partition coefficient (Wildman–Crippen LogP) is 3.87. The highest BCUT2D eigenvalue weighted by molar-refractivity contribution is 6.30. The predicted molar refractivity (Wildman–Crippen MR) is 87.0 cm³/mol. The molecule has 0 aliphatic carbocycles. The van der Waals surface area contributed by atoms with Crippen LogP contribution in [0.3, 0.4) is 0 Å². The molecule has 3 nitrogen and oxygen atoms in total. The van der Waals surface area contributed by atoms with Crippen molar-refractivity contribution >= 4 is 28.9 Å². The zero-order valence-corrected chi connectivity index (χ0v) is 12.9. The number of amides is 1. The number of nitrogens with zero attached hydrogens (tertiary/aromatic N) is 1. The van der Waals surface area contributed by atoms with Gasteiger partial charge in [0.25, 0.3) is 0 Å². The molecule has 5 heteroatoms. The van der Waals surface area contributed by atoms with Crippen LogP contribution in [0, 0.1) is 5.82 Å². The molecule has 1 amide bonds. The van der Waals surface area contributed by atoms with Gasteiger partial charge in [-0.2, -0.15) is 0 Å². The first-order chi connectivity index (χ1) is 10.6. The van der Waals surface area contributed by atoms with E-state index >= 15 is 0 Å². The lowest BCUT2D eigenvalue weighted by atomic mass is 10.1. The molecule has 0 aromatic heterocycles. The number of anilines is 2. The maximum absolute atomic E-state index is 13.8. The summed E-state index contributed by atoms with van der Waals surface area (Å²) >= 11 is 5.71. The van der Waals surface area contributed by atoms with Gasteiger partial charge in [-0.1, -0.05) is 29.8 Å². The van der Waals surface area contributed by atoms with Gasteiger partial charge in [0.05, 0.1) is 5.69 Å². The Bertz CT molecular complexity index is 720. The minimum atomic E-state index is -0.533. The average Bonchev–Trinajstić information content (AvgIpc) is 2.93. The first kappa shape index (κ1) is 14.9. The van der Waals surface area contributed by atoms with Crippen LogP contribution in [-0.4, -0.2) is 18.5 Å². The minimum absolute atomic E-state index is 0.147. The van der Waals surface area contributed by atoms with E-state index in [0.717, 1.165) is 18.7 Å². The third-order valence-corrected chi connectivity index (χ3v) is 4.19. The number of benzene rings is 2. The van der Waals surface area contributed by atoms with Crippen LogP contribution in [0.1, 0.15) is 12.5 Å². The summed E-state index contributed by atoms with van der Waals surface area (Å²) in [5.74, 6) is -0.771. The van der Waals surface area contributed by atoms with Crippen LogP contribution in [0.15, 0.2) is 42.5 Å². The summed E-state index contributed by atoms with van der Waals surface area (Å²) in [5.41, 5.74) is 2.45. The van der Waals surface area contributed by atoms with Gasteiger partial charge in [0.1, 0.15) is 11.9 Å². The summed E-state index contributed by atoms with van der Waals surface area (Å²) in [5, 5.41) is 2.93. The first-order valence-corrected chi connectivity index (χ1v) is 7.54. The number of fused-ring (bicyclic) bond motifs is 1. The summed E-state index contributed by atoms with van der Waals surface area (Å²) in [6, 6.07) is 11.9. The lowest BCUT2D eigenvalue weighted by Crippen LogP contribution is -2.41. The van der Waals surface area contributed by atoms with Gasteiger partial charge in [0.15, 0.2) is 0 Å². The van der Waals surface area contributed by atoms with E-state index in [-0.39, 0.29) is 17.6 Å². The molecular weight excluding hydrogens is 303 g/mol. The number of nitrogens with one attached hydrogen (secondary N) is 1. The molecule has 0 saturated heterocycles. The maximum Gasteiger partial charge on any atom is 0.246 e. The number of carbonyl (C=O) groups excluding carboxylic acids is 1. The molecule has 0 saturated carbocycles. The topological polar surface area (TPSA) is 32.3 Å². The van der Waals surface area contributed by atoms with Gasteiger partial charge in [-0.05, 0) is 43.2 Å². The second kappa shape index (κ2) is 5.97. The lowest BCUT2D eigenvalue weighted by Gasteiger charge is -2.26. The Labute approximate surface area is 133 Å². The fourth-order valence-electron chi connectivity index (χ4n) is 2.74. The monoisotopic (exact) mass is 318 g/mol. The van der Waals surface area contributed by atoms with E-state index in [9.17, 15) is 9.18 Å². The van der Waals surface area contributed by atoms with Gasteiger partial charge in [0.2, 0.25) is 5.91 Å². The Balaban J connectivity index is 1.76. The fraction of sp³-hybridized carbons (Fsp3) is 0.235. The second-order valence-electron chi connectivity index (χ2n) is 5.36. The van der Waals surface area contributed by atoms with Gasteiger partial charge in [-0.15, -0.1) is 0 Å². The molecule has 1 unspecified atom stereocenters. The molecule has 1 heterocycles. The van der Waals surface area contributed by atoms with Crippen molar-refractivity contribution in [1.29, 1.82) is 0 Å². The molecule has 0 fully saturated rings. The molecule has 1 aliphatic rings. The van der Waals surface area contributed by atoms with Gasteiger partial charge >= 0.3 is 0 Å². The lowest BCUT2D eigenvalue weighted by molar-refractivity contribution is -0.117. The Morgan fingerprint density at radius 3 is 2.86 bits per heavy atom. The molecule has 1 atom stereocenters. The highest BCUT2D eigenvalue weighted by Gasteiger charge is 2.27. The number of hydrogen-bond donors (Lipinski definition) is 1. The van der Waals surface area contributed by atoms with Gasteiger partial charge in [0, 0.05) is 17.3 Å². The molecule has 0 radical (unpaired) electrons. The second-order valence-corrected chi connectivity index (χ2v) is 5.80. The SMILES string of the molecule is CC(C(=O)Nc1ccc(Cl)cc1F)N1CCc2ccccc21. The van der Waals surface area contributed by atoms with Crippen molar-refractivity contribution in [3.63, 3.8) is 0 Å². The van der Waals surface area contributed by atoms with E-state index in [1.165, 1.54) is 17.7 Å². The molecule has 1 N–H and O–H groups in total. The van der Waals surface area contributed by atoms with Crippen LogP contribution in [0.25, 0.3) is 0 Å². The summed E-state index contributed by atoms with van der Waals surface area (Å²) < 4.78 is 13.8. The third kappa shape index (κ3) is 2.79. The molecule has 2 aromatic carbocycles. The van der Waals surface area contributed by atoms with E-state index in [4.69, 9.17) is 11.6 Å². The first-order valence-electron chi connectivity index (χ1n) is 7.17. The summed E-state index contributed by atoms with van der Waals surface area (Å²) in [7, 11) is 0. The molecule has 1 aliphatic heterocycles. The Morgan fingerprint density at radius 2 is 2.09 bits per heavy atom. The molecule has 0 bridgehead atoms. The van der Waals surface area contributed by atoms with Crippen molar-refractivity contribution in [2.75, 3.05) is 16.8 Å². The van der Waals surface area contributed by atoms with Crippen LogP contribution in [0.2, 0.25) is 5.02 Å². The van der Waals surface area contributed by atoms with Crippen molar-refractivity contribution in [3.05, 3.63) is 58.9 Å². The number of rotatable bonds is 3. The number of carbonyl (C=O) groups is 1. The number of para-hydroxylation sites is 1. The highest BCUT2D eigenvalue weighted by Crippen LogP contribution is 2.29. The molecule has 22 heavy (non-hydrogen) atoms. The van der Waals surface area contributed by atoms with Gasteiger partial charge < -0.3 is 10.2 Å². The van der Waals surface area contributed by atoms with E-state index in [1.54, 1.807) is 6.07 Å². The summed E-state index contributed by atoms with van der Waals surface area (Å²) in [6.45, 7) is 2.61. The minimum Gasteiger partial charge on any atom is -0.359 e. The van der Waals surface area contributed by atoms with E-state index in [1.807, 2.05) is 30.0 Å². The standard InChI is InChI=1S/C17H16ClFN2O/c1-11(21-9-8-12-4-2-3-5-16(12)21)17(22)20-15-7-6-13(18)10-14(15)19/h2-7,10-11H,8-9H2,1H3,(H,20,22). The van der Waals surface area contributed by atoms with Crippen molar-refractivity contribution in [3.8, 4) is 0 Å². The van der Waals surface area contributed by atoms with Crippen LogP contribution in [0.5, 0.6) is 0 Å². The van der Waals surface area contributed by atoms with E-state index < -0.39 is 5.82 Å². The Morgan fingerprint density at radius 1 is 1.32 bits per heavy atom. The van der Waals surface area contributed by atoms with E-state index in [2.05, 4.69) is 11.4 Å². The zero-order chi connectivity index (χ0) is 15.7. The van der Waals surface area contributed by atoms with Crippen LogP contribution < -0.4 is 10.2 Å². The van der Waals surface area contributed by atoms with Crippen molar-refractivity contribution in [2.45, 2.75) is 19.4 Å². The largest absolute Gasteiger partial charge is 0.359 e. The van der Waals surface area contributed by atoms with Crippen molar-refractivity contribution in [1.82, 2.24) is 0 Å². The maximum atomic E-state index is 13.8. The van der Waals surface area contributed by atoms with E-state index in [0.29, 0.717) is 5.02 Å².